The monoisotopic (exact) mass is 133 g/mol. The fourth-order valence-corrected chi connectivity index (χ4v) is 0.897. The summed E-state index contributed by atoms with van der Waals surface area (Å²) in [4.78, 5) is 0. The summed E-state index contributed by atoms with van der Waals surface area (Å²) in [5, 5.41) is 0. The van der Waals surface area contributed by atoms with Crippen LogP contribution in [0, 0.1) is 0 Å². The largest absolute Gasteiger partial charge is 0.369 e. The molecule has 0 aromatic carbocycles. The van der Waals surface area contributed by atoms with Crippen LogP contribution in [-0.4, -0.2) is 29.4 Å². The topological polar surface area (TPSA) is 38.7 Å². The molecular weight excluding hydrogens is 126 g/mol. The lowest BCUT2D eigenvalue weighted by atomic mass is 10.3. The Bertz CT molecular complexity index is 137. The Hall–Kier alpha value is -0.220. The number of hydrogen-bond acceptors (Lipinski definition) is 2. The molecule has 0 saturated carbocycles. The van der Waals surface area contributed by atoms with Crippen molar-refractivity contribution in [2.75, 3.05) is 19.5 Å². The molecule has 1 heterocycles. The molecule has 0 spiro atoms. The van der Waals surface area contributed by atoms with Gasteiger partial charge in [0.25, 0.3) is 0 Å². The van der Waals surface area contributed by atoms with E-state index < -0.39 is 11.0 Å². The van der Waals surface area contributed by atoms with Crippen LogP contribution in [0.3, 0.4) is 0 Å². The Morgan fingerprint density at radius 1 is 1.75 bits per heavy atom. The van der Waals surface area contributed by atoms with Crippen molar-refractivity contribution in [3.05, 3.63) is 0 Å². The first-order valence-corrected chi connectivity index (χ1v) is 3.78. The number of nitrogens with zero attached hydrogens (tertiary/aromatic N) is 1. The van der Waals surface area contributed by atoms with Crippen LogP contribution in [0.25, 0.3) is 0 Å². The summed E-state index contributed by atoms with van der Waals surface area (Å²) < 4.78 is 18.8. The summed E-state index contributed by atoms with van der Waals surface area (Å²) in [6, 6.07) is 0. The molecule has 4 heteroatoms. The van der Waals surface area contributed by atoms with E-state index in [4.69, 9.17) is 4.74 Å². The first-order valence-electron chi connectivity index (χ1n) is 2.27. The van der Waals surface area contributed by atoms with Gasteiger partial charge >= 0.3 is 0 Å². The molecule has 0 bridgehead atoms. The van der Waals surface area contributed by atoms with Gasteiger partial charge < -0.3 is 4.74 Å². The molecule has 0 aliphatic carbocycles. The van der Waals surface area contributed by atoms with Crippen molar-refractivity contribution in [3.8, 4) is 0 Å². The number of ether oxygens (including phenoxy) is 1. The van der Waals surface area contributed by atoms with E-state index in [9.17, 15) is 4.21 Å². The molecule has 1 saturated heterocycles. The van der Waals surface area contributed by atoms with Gasteiger partial charge in [-0.3, -0.25) is 0 Å². The van der Waals surface area contributed by atoms with Gasteiger partial charge in [-0.2, -0.15) is 4.40 Å². The molecule has 1 aliphatic rings. The van der Waals surface area contributed by atoms with E-state index in [-0.39, 0.29) is 0 Å². The first kappa shape index (κ1) is 5.91. The predicted molar refractivity (Wildman–Crippen MR) is 32.3 cm³/mol. The van der Waals surface area contributed by atoms with Gasteiger partial charge in [-0.1, -0.05) is 0 Å². The smallest absolute Gasteiger partial charge is 0.136 e. The third-order valence-electron chi connectivity index (χ3n) is 0.795. The van der Waals surface area contributed by atoms with Gasteiger partial charge in [0.2, 0.25) is 0 Å². The highest BCUT2D eigenvalue weighted by molar-refractivity contribution is 7.83. The molecule has 1 atom stereocenters. The van der Waals surface area contributed by atoms with Crippen molar-refractivity contribution in [3.63, 3.8) is 0 Å². The van der Waals surface area contributed by atoms with Gasteiger partial charge in [0.1, 0.15) is 11.0 Å². The Kier molecular flexibility index (Phi) is 1.75. The van der Waals surface area contributed by atoms with Gasteiger partial charge in [-0.05, 0) is 0 Å². The maximum atomic E-state index is 10.3. The maximum absolute atomic E-state index is 10.3. The van der Waals surface area contributed by atoms with E-state index in [1.165, 1.54) is 0 Å². The van der Waals surface area contributed by atoms with Crippen LogP contribution >= 0.6 is 0 Å². The third-order valence-corrected chi connectivity index (χ3v) is 1.31. The fraction of sp³-hybridized carbons (Fsp3) is 0.750. The van der Waals surface area contributed by atoms with Crippen molar-refractivity contribution < 1.29 is 8.95 Å². The summed E-state index contributed by atoms with van der Waals surface area (Å²) in [6.45, 7) is 1.14. The molecular formula is C4H7NO2S. The molecule has 46 valence electrons. The minimum Gasteiger partial charge on any atom is -0.369 e. The van der Waals surface area contributed by atoms with E-state index in [0.29, 0.717) is 13.2 Å². The Morgan fingerprint density at radius 3 is 2.50 bits per heavy atom. The van der Waals surface area contributed by atoms with Crippen LogP contribution in [0.4, 0.5) is 0 Å². The SMILES string of the molecule is CS(=O)N=C1COC1. The standard InChI is InChI=1S/C4H7NO2S/c1-8(6)5-4-2-7-3-4/h2-3H2,1H3. The molecule has 1 fully saturated rings. The zero-order valence-corrected chi connectivity index (χ0v) is 5.40. The second kappa shape index (κ2) is 2.37. The van der Waals surface area contributed by atoms with E-state index in [1.807, 2.05) is 0 Å². The fourth-order valence-electron chi connectivity index (χ4n) is 0.428. The average Bonchev–Trinajstić information content (AvgIpc) is 1.55. The lowest BCUT2D eigenvalue weighted by Crippen LogP contribution is -2.27. The summed E-state index contributed by atoms with van der Waals surface area (Å²) in [6.07, 6.45) is 1.55. The molecule has 1 rings (SSSR count). The van der Waals surface area contributed by atoms with Gasteiger partial charge in [-0.25, -0.2) is 4.21 Å². The van der Waals surface area contributed by atoms with Crippen LogP contribution in [0.1, 0.15) is 0 Å². The zero-order chi connectivity index (χ0) is 5.98. The normalized spacial score (nSPS) is 21.9. The van der Waals surface area contributed by atoms with Crippen molar-refractivity contribution in [1.82, 2.24) is 0 Å². The lowest BCUT2D eigenvalue weighted by molar-refractivity contribution is 0.160. The van der Waals surface area contributed by atoms with Crippen LogP contribution in [0.2, 0.25) is 0 Å². The Morgan fingerprint density at radius 2 is 2.38 bits per heavy atom. The minimum atomic E-state index is -1.04. The van der Waals surface area contributed by atoms with Gasteiger partial charge in [0, 0.05) is 6.26 Å². The first-order chi connectivity index (χ1) is 3.79. The second-order valence-corrected chi connectivity index (χ2v) is 2.60. The van der Waals surface area contributed by atoms with Crippen molar-refractivity contribution in [2.24, 2.45) is 4.40 Å². The second-order valence-electron chi connectivity index (χ2n) is 1.57. The van der Waals surface area contributed by atoms with E-state index in [1.54, 1.807) is 6.26 Å². The molecule has 0 aromatic heterocycles. The Labute approximate surface area is 50.3 Å². The molecule has 8 heavy (non-hydrogen) atoms. The molecule has 0 radical (unpaired) electrons. The van der Waals surface area contributed by atoms with Crippen LogP contribution in [0.5, 0.6) is 0 Å². The van der Waals surface area contributed by atoms with Crippen LogP contribution in [0.15, 0.2) is 4.40 Å². The van der Waals surface area contributed by atoms with Crippen LogP contribution < -0.4 is 0 Å². The Balaban J connectivity index is 2.42. The quantitative estimate of drug-likeness (QED) is 0.495. The summed E-state index contributed by atoms with van der Waals surface area (Å²) in [5.41, 5.74) is 0.908. The van der Waals surface area contributed by atoms with Crippen molar-refractivity contribution in [2.45, 2.75) is 0 Å². The van der Waals surface area contributed by atoms with Crippen molar-refractivity contribution >= 4 is 16.7 Å². The summed E-state index contributed by atoms with van der Waals surface area (Å²) in [7, 11) is -1.04. The third kappa shape index (κ3) is 1.38. The van der Waals surface area contributed by atoms with Gasteiger partial charge in [-0.15, -0.1) is 0 Å². The molecule has 3 nitrogen and oxygen atoms in total. The van der Waals surface area contributed by atoms with Gasteiger partial charge in [0.05, 0.1) is 18.9 Å². The minimum absolute atomic E-state index is 0.569. The number of rotatable bonds is 1. The molecule has 0 aromatic rings. The van der Waals surface area contributed by atoms with Crippen LogP contribution in [-0.2, 0) is 15.7 Å². The summed E-state index contributed by atoms with van der Waals surface area (Å²) in [5.74, 6) is 0. The van der Waals surface area contributed by atoms with E-state index >= 15 is 0 Å². The van der Waals surface area contributed by atoms with Crippen molar-refractivity contribution in [1.29, 1.82) is 0 Å². The molecule has 1 unspecified atom stereocenters. The maximum Gasteiger partial charge on any atom is 0.136 e. The average molecular weight is 133 g/mol. The predicted octanol–water partition coefficient (Wildman–Crippen LogP) is -0.249. The van der Waals surface area contributed by atoms with E-state index in [2.05, 4.69) is 4.40 Å². The zero-order valence-electron chi connectivity index (χ0n) is 4.59. The highest BCUT2D eigenvalue weighted by Crippen LogP contribution is 1.95. The number of hydrogen-bond donors (Lipinski definition) is 0. The molecule has 1 aliphatic heterocycles. The lowest BCUT2D eigenvalue weighted by Gasteiger charge is -2.13. The molecule has 0 amide bonds. The summed E-state index contributed by atoms with van der Waals surface area (Å²) >= 11 is 0. The van der Waals surface area contributed by atoms with Gasteiger partial charge in [0.15, 0.2) is 0 Å². The highest BCUT2D eigenvalue weighted by atomic mass is 32.2. The molecule has 0 N–H and O–H groups in total. The van der Waals surface area contributed by atoms with E-state index in [0.717, 1.165) is 5.71 Å². The highest BCUT2D eigenvalue weighted by Gasteiger charge is 2.10.